The van der Waals surface area contributed by atoms with Crippen molar-refractivity contribution in [1.82, 2.24) is 9.62 Å². The summed E-state index contributed by atoms with van der Waals surface area (Å²) in [4.78, 5) is 12.8. The second kappa shape index (κ2) is 9.07. The summed E-state index contributed by atoms with van der Waals surface area (Å²) < 4.78 is 33.1. The molecular formula is C20H26N2O4S2. The Morgan fingerprint density at radius 3 is 2.79 bits per heavy atom. The standard InChI is InChI=1S/C20H26N2O4S2/c1-15(2)14-26-18-9-4-3-7-16(18)13-21-20(23)17-8-5-11-22(17)28(24,25)19-10-6-12-27-19/h3-4,6-7,9-10,12,15,17H,5,8,11,13-14H2,1-2H3,(H,21,23). The molecule has 1 aliphatic heterocycles. The van der Waals surface area contributed by atoms with Gasteiger partial charge < -0.3 is 10.1 Å². The van der Waals surface area contributed by atoms with Crippen LogP contribution in [0.3, 0.4) is 0 Å². The normalized spacial score (nSPS) is 17.8. The molecule has 0 saturated carbocycles. The molecule has 1 aliphatic rings. The van der Waals surface area contributed by atoms with E-state index in [4.69, 9.17) is 4.74 Å². The van der Waals surface area contributed by atoms with E-state index in [9.17, 15) is 13.2 Å². The summed E-state index contributed by atoms with van der Waals surface area (Å²) in [6, 6.07) is 10.2. The predicted octanol–water partition coefficient (Wildman–Crippen LogP) is 3.25. The molecule has 1 amide bonds. The highest BCUT2D eigenvalue weighted by Gasteiger charge is 2.39. The molecule has 1 unspecified atom stereocenters. The van der Waals surface area contributed by atoms with Gasteiger partial charge in [0.2, 0.25) is 5.91 Å². The number of hydrogen-bond donors (Lipinski definition) is 1. The molecule has 1 aromatic heterocycles. The van der Waals surface area contributed by atoms with E-state index in [1.54, 1.807) is 17.5 Å². The first-order valence-electron chi connectivity index (χ1n) is 9.43. The van der Waals surface area contributed by atoms with Crippen LogP contribution in [0.5, 0.6) is 5.75 Å². The molecule has 28 heavy (non-hydrogen) atoms. The summed E-state index contributed by atoms with van der Waals surface area (Å²) in [5, 5.41) is 4.62. The highest BCUT2D eigenvalue weighted by atomic mass is 32.2. The zero-order valence-corrected chi connectivity index (χ0v) is 17.8. The summed E-state index contributed by atoms with van der Waals surface area (Å²) in [5.41, 5.74) is 0.877. The molecule has 1 N–H and O–H groups in total. The first kappa shape index (κ1) is 20.8. The van der Waals surface area contributed by atoms with E-state index in [1.807, 2.05) is 24.3 Å². The number of sulfonamides is 1. The van der Waals surface area contributed by atoms with Crippen LogP contribution in [0.4, 0.5) is 0 Å². The van der Waals surface area contributed by atoms with Crippen molar-refractivity contribution in [3.05, 3.63) is 47.3 Å². The van der Waals surface area contributed by atoms with E-state index < -0.39 is 16.1 Å². The largest absolute Gasteiger partial charge is 0.493 e. The van der Waals surface area contributed by atoms with Crippen LogP contribution in [-0.2, 0) is 21.4 Å². The summed E-state index contributed by atoms with van der Waals surface area (Å²) >= 11 is 1.17. The van der Waals surface area contributed by atoms with Gasteiger partial charge in [-0.05, 0) is 36.3 Å². The lowest BCUT2D eigenvalue weighted by atomic mass is 10.1. The van der Waals surface area contributed by atoms with Gasteiger partial charge in [-0.3, -0.25) is 4.79 Å². The molecule has 0 aliphatic carbocycles. The predicted molar refractivity (Wildman–Crippen MR) is 110 cm³/mol. The van der Waals surface area contributed by atoms with Gasteiger partial charge in [-0.2, -0.15) is 4.31 Å². The van der Waals surface area contributed by atoms with Gasteiger partial charge in [-0.25, -0.2) is 8.42 Å². The third-order valence-corrected chi connectivity index (χ3v) is 7.84. The zero-order valence-electron chi connectivity index (χ0n) is 16.1. The second-order valence-electron chi connectivity index (χ2n) is 7.24. The molecule has 3 rings (SSSR count). The van der Waals surface area contributed by atoms with Crippen molar-refractivity contribution >= 4 is 27.3 Å². The number of nitrogens with one attached hydrogen (secondary N) is 1. The third kappa shape index (κ3) is 4.74. The Morgan fingerprint density at radius 1 is 1.29 bits per heavy atom. The van der Waals surface area contributed by atoms with Gasteiger partial charge in [-0.1, -0.05) is 38.1 Å². The minimum Gasteiger partial charge on any atom is -0.493 e. The number of thiophene rings is 1. The van der Waals surface area contributed by atoms with E-state index in [0.29, 0.717) is 38.5 Å². The number of para-hydroxylation sites is 1. The Kier molecular flexibility index (Phi) is 6.74. The van der Waals surface area contributed by atoms with E-state index in [0.717, 1.165) is 11.3 Å². The fraction of sp³-hybridized carbons (Fsp3) is 0.450. The van der Waals surface area contributed by atoms with Crippen LogP contribution in [0.15, 0.2) is 46.0 Å². The molecule has 2 aromatic rings. The molecule has 1 saturated heterocycles. The third-order valence-electron chi connectivity index (χ3n) is 4.56. The topological polar surface area (TPSA) is 75.7 Å². The van der Waals surface area contributed by atoms with Crippen molar-refractivity contribution in [3.8, 4) is 5.75 Å². The van der Waals surface area contributed by atoms with Gasteiger partial charge in [0, 0.05) is 18.7 Å². The fourth-order valence-corrected chi connectivity index (χ4v) is 5.94. The molecule has 1 fully saturated rings. The number of hydrogen-bond acceptors (Lipinski definition) is 5. The Morgan fingerprint density at radius 2 is 2.07 bits per heavy atom. The molecule has 2 heterocycles. The summed E-state index contributed by atoms with van der Waals surface area (Å²) in [5.74, 6) is 0.874. The average Bonchev–Trinajstić information content (AvgIpc) is 3.37. The molecule has 0 spiro atoms. The molecule has 152 valence electrons. The number of amides is 1. The van der Waals surface area contributed by atoms with Crippen molar-refractivity contribution < 1.29 is 17.9 Å². The summed E-state index contributed by atoms with van der Waals surface area (Å²) in [7, 11) is -3.63. The summed E-state index contributed by atoms with van der Waals surface area (Å²) in [6.07, 6.45) is 1.21. The molecule has 1 atom stereocenters. The number of benzene rings is 1. The van der Waals surface area contributed by atoms with Crippen molar-refractivity contribution in [2.24, 2.45) is 5.92 Å². The van der Waals surface area contributed by atoms with Gasteiger partial charge in [0.25, 0.3) is 10.0 Å². The van der Waals surface area contributed by atoms with Gasteiger partial charge >= 0.3 is 0 Å². The van der Waals surface area contributed by atoms with Crippen LogP contribution < -0.4 is 10.1 Å². The van der Waals surface area contributed by atoms with Crippen LogP contribution in [0, 0.1) is 5.92 Å². The number of carbonyl (C=O) groups excluding carboxylic acids is 1. The zero-order chi connectivity index (χ0) is 20.1. The molecule has 0 bridgehead atoms. The molecule has 8 heteroatoms. The van der Waals surface area contributed by atoms with Crippen LogP contribution in [0.1, 0.15) is 32.3 Å². The second-order valence-corrected chi connectivity index (χ2v) is 10.3. The van der Waals surface area contributed by atoms with Gasteiger partial charge in [0.05, 0.1) is 6.61 Å². The lowest BCUT2D eigenvalue weighted by Crippen LogP contribution is -2.45. The number of nitrogens with zero attached hydrogens (tertiary/aromatic N) is 1. The molecule has 1 aromatic carbocycles. The Labute approximate surface area is 170 Å². The highest BCUT2D eigenvalue weighted by molar-refractivity contribution is 7.91. The monoisotopic (exact) mass is 422 g/mol. The minimum absolute atomic E-state index is 0.267. The SMILES string of the molecule is CC(C)COc1ccccc1CNC(=O)C1CCCN1S(=O)(=O)c1cccs1. The van der Waals surface area contributed by atoms with Crippen molar-refractivity contribution in [2.45, 2.75) is 43.5 Å². The van der Waals surface area contributed by atoms with Gasteiger partial charge in [-0.15, -0.1) is 11.3 Å². The number of rotatable bonds is 8. The van der Waals surface area contributed by atoms with Crippen molar-refractivity contribution in [1.29, 1.82) is 0 Å². The lowest BCUT2D eigenvalue weighted by molar-refractivity contribution is -0.124. The first-order valence-corrected chi connectivity index (χ1v) is 11.8. The average molecular weight is 423 g/mol. The fourth-order valence-electron chi connectivity index (χ4n) is 3.16. The molecular weight excluding hydrogens is 396 g/mol. The first-order chi connectivity index (χ1) is 13.4. The molecule has 0 radical (unpaired) electrons. The maximum Gasteiger partial charge on any atom is 0.253 e. The quantitative estimate of drug-likeness (QED) is 0.709. The highest BCUT2D eigenvalue weighted by Crippen LogP contribution is 2.28. The minimum atomic E-state index is -3.63. The number of carbonyl (C=O) groups is 1. The number of ether oxygens (including phenoxy) is 1. The Bertz CT molecular complexity index is 895. The van der Waals surface area contributed by atoms with E-state index >= 15 is 0 Å². The van der Waals surface area contributed by atoms with Gasteiger partial charge in [0.1, 0.15) is 16.0 Å². The smallest absolute Gasteiger partial charge is 0.253 e. The Balaban J connectivity index is 1.67. The Hall–Kier alpha value is -1.90. The van der Waals surface area contributed by atoms with Crippen LogP contribution in [0.25, 0.3) is 0 Å². The van der Waals surface area contributed by atoms with E-state index in [1.165, 1.54) is 15.6 Å². The van der Waals surface area contributed by atoms with Crippen molar-refractivity contribution in [3.63, 3.8) is 0 Å². The van der Waals surface area contributed by atoms with Gasteiger partial charge in [0.15, 0.2) is 0 Å². The van der Waals surface area contributed by atoms with Crippen LogP contribution in [-0.4, -0.2) is 37.8 Å². The van der Waals surface area contributed by atoms with Crippen LogP contribution >= 0.6 is 11.3 Å². The maximum atomic E-state index is 12.8. The van der Waals surface area contributed by atoms with E-state index in [-0.39, 0.29) is 10.1 Å². The summed E-state index contributed by atoms with van der Waals surface area (Å²) in [6.45, 7) is 5.42. The van der Waals surface area contributed by atoms with Crippen LogP contribution in [0.2, 0.25) is 0 Å². The molecule has 6 nitrogen and oxygen atoms in total. The lowest BCUT2D eigenvalue weighted by Gasteiger charge is -2.23. The maximum absolute atomic E-state index is 12.8. The van der Waals surface area contributed by atoms with E-state index in [2.05, 4.69) is 19.2 Å². The van der Waals surface area contributed by atoms with Crippen molar-refractivity contribution in [2.75, 3.05) is 13.2 Å².